The summed E-state index contributed by atoms with van der Waals surface area (Å²) >= 11 is 1.40. The van der Waals surface area contributed by atoms with Gasteiger partial charge >= 0.3 is 0 Å². The third-order valence-electron chi connectivity index (χ3n) is 3.96. The Kier molecular flexibility index (Phi) is 3.93. The van der Waals surface area contributed by atoms with Crippen molar-refractivity contribution in [3.8, 4) is 17.1 Å². The molecule has 2 heterocycles. The fourth-order valence-corrected chi connectivity index (χ4v) is 3.22. The molecule has 0 amide bonds. The molecule has 0 aliphatic rings. The topological polar surface area (TPSA) is 52.3 Å². The van der Waals surface area contributed by atoms with Gasteiger partial charge in [0.1, 0.15) is 18.2 Å². The SMILES string of the molecule is Cc1ccc(OCc2nn3c(-c4cccc(F)c4)nnc3s2)cc1C. The van der Waals surface area contributed by atoms with E-state index in [0.29, 0.717) is 23.0 Å². The van der Waals surface area contributed by atoms with Crippen LogP contribution >= 0.6 is 11.3 Å². The van der Waals surface area contributed by atoms with Crippen LogP contribution in [0.25, 0.3) is 16.3 Å². The van der Waals surface area contributed by atoms with E-state index in [4.69, 9.17) is 4.74 Å². The smallest absolute Gasteiger partial charge is 0.235 e. The average Bonchev–Trinajstić information content (AvgIpc) is 3.16. The highest BCUT2D eigenvalue weighted by Gasteiger charge is 2.14. The normalized spacial score (nSPS) is 11.2. The minimum Gasteiger partial charge on any atom is -0.486 e. The largest absolute Gasteiger partial charge is 0.486 e. The van der Waals surface area contributed by atoms with E-state index in [9.17, 15) is 4.39 Å². The molecule has 25 heavy (non-hydrogen) atoms. The number of aromatic nitrogens is 4. The molecule has 7 heteroatoms. The van der Waals surface area contributed by atoms with Gasteiger partial charge < -0.3 is 4.74 Å². The van der Waals surface area contributed by atoms with E-state index >= 15 is 0 Å². The quantitative estimate of drug-likeness (QED) is 0.551. The van der Waals surface area contributed by atoms with Crippen molar-refractivity contribution in [2.75, 3.05) is 0 Å². The first kappa shape index (κ1) is 15.7. The predicted molar refractivity (Wildman–Crippen MR) is 94.3 cm³/mol. The molecule has 126 valence electrons. The van der Waals surface area contributed by atoms with Gasteiger partial charge in [-0.05, 0) is 49.2 Å². The highest BCUT2D eigenvalue weighted by molar-refractivity contribution is 7.16. The second-order valence-corrected chi connectivity index (χ2v) is 6.80. The number of rotatable bonds is 4. The highest BCUT2D eigenvalue weighted by atomic mass is 32.1. The molecule has 0 unspecified atom stereocenters. The number of halogens is 1. The van der Waals surface area contributed by atoms with Crippen molar-refractivity contribution in [2.24, 2.45) is 0 Å². The lowest BCUT2D eigenvalue weighted by Crippen LogP contribution is -1.98. The summed E-state index contributed by atoms with van der Waals surface area (Å²) in [7, 11) is 0. The van der Waals surface area contributed by atoms with E-state index in [0.717, 1.165) is 10.8 Å². The molecule has 0 saturated heterocycles. The summed E-state index contributed by atoms with van der Waals surface area (Å²) in [6.07, 6.45) is 0. The molecule has 4 rings (SSSR count). The Bertz CT molecular complexity index is 1060. The average molecular weight is 354 g/mol. The maximum atomic E-state index is 13.4. The molecule has 0 fully saturated rings. The van der Waals surface area contributed by atoms with Gasteiger partial charge in [0.15, 0.2) is 10.8 Å². The van der Waals surface area contributed by atoms with Crippen molar-refractivity contribution >= 4 is 16.3 Å². The van der Waals surface area contributed by atoms with Crippen molar-refractivity contribution in [3.63, 3.8) is 0 Å². The van der Waals surface area contributed by atoms with Gasteiger partial charge in [-0.25, -0.2) is 4.39 Å². The monoisotopic (exact) mass is 354 g/mol. The summed E-state index contributed by atoms with van der Waals surface area (Å²) in [4.78, 5) is 0.651. The van der Waals surface area contributed by atoms with Crippen LogP contribution in [0.2, 0.25) is 0 Å². The molecule has 0 aliphatic heterocycles. The number of benzene rings is 2. The van der Waals surface area contributed by atoms with E-state index in [-0.39, 0.29) is 5.82 Å². The fourth-order valence-electron chi connectivity index (χ4n) is 2.47. The van der Waals surface area contributed by atoms with Crippen LogP contribution in [0.5, 0.6) is 5.75 Å². The lowest BCUT2D eigenvalue weighted by atomic mass is 10.1. The lowest BCUT2D eigenvalue weighted by Gasteiger charge is -2.06. The van der Waals surface area contributed by atoms with E-state index in [1.165, 1.54) is 34.6 Å². The maximum absolute atomic E-state index is 13.4. The van der Waals surface area contributed by atoms with Crippen LogP contribution < -0.4 is 4.74 Å². The Labute approximate surface area is 147 Å². The number of nitrogens with zero attached hydrogens (tertiary/aromatic N) is 4. The summed E-state index contributed by atoms with van der Waals surface area (Å²) in [6.45, 7) is 4.46. The van der Waals surface area contributed by atoms with Crippen molar-refractivity contribution in [3.05, 3.63) is 64.4 Å². The number of fused-ring (bicyclic) bond motifs is 1. The number of ether oxygens (including phenoxy) is 1. The van der Waals surface area contributed by atoms with Gasteiger partial charge in [-0.3, -0.25) is 0 Å². The van der Waals surface area contributed by atoms with Crippen LogP contribution in [0, 0.1) is 19.7 Å². The molecule has 2 aromatic heterocycles. The molecular formula is C18H15FN4OS. The molecule has 0 saturated carbocycles. The number of aryl methyl sites for hydroxylation is 2. The summed E-state index contributed by atoms with van der Waals surface area (Å²) in [5, 5.41) is 13.5. The molecule has 0 radical (unpaired) electrons. The van der Waals surface area contributed by atoms with Crippen LogP contribution in [0.4, 0.5) is 4.39 Å². The van der Waals surface area contributed by atoms with Crippen LogP contribution in [-0.2, 0) is 6.61 Å². The zero-order valence-corrected chi connectivity index (χ0v) is 14.5. The Hall–Kier alpha value is -2.80. The van der Waals surface area contributed by atoms with Crippen molar-refractivity contribution < 1.29 is 9.13 Å². The molecule has 2 aromatic carbocycles. The molecular weight excluding hydrogens is 339 g/mol. The van der Waals surface area contributed by atoms with Gasteiger partial charge in [0, 0.05) is 5.56 Å². The van der Waals surface area contributed by atoms with E-state index < -0.39 is 0 Å². The number of hydrogen-bond acceptors (Lipinski definition) is 5. The summed E-state index contributed by atoms with van der Waals surface area (Å²) in [6, 6.07) is 12.2. The van der Waals surface area contributed by atoms with E-state index in [1.807, 2.05) is 18.2 Å². The maximum Gasteiger partial charge on any atom is 0.235 e. The van der Waals surface area contributed by atoms with Gasteiger partial charge in [-0.15, -0.1) is 10.2 Å². The molecule has 4 aromatic rings. The predicted octanol–water partition coefficient (Wildman–Crippen LogP) is 4.19. The minimum absolute atomic E-state index is 0.317. The van der Waals surface area contributed by atoms with Crippen molar-refractivity contribution in [1.29, 1.82) is 0 Å². The third kappa shape index (κ3) is 3.10. The van der Waals surface area contributed by atoms with E-state index in [1.54, 1.807) is 16.6 Å². The zero-order chi connectivity index (χ0) is 17.4. The van der Waals surface area contributed by atoms with Crippen LogP contribution in [0.3, 0.4) is 0 Å². The molecule has 0 atom stereocenters. The van der Waals surface area contributed by atoms with Gasteiger partial charge in [0.25, 0.3) is 0 Å². The molecule has 0 bridgehead atoms. The highest BCUT2D eigenvalue weighted by Crippen LogP contribution is 2.23. The standard InChI is InChI=1S/C18H15FN4OS/c1-11-6-7-15(8-12(11)2)24-10-16-22-23-17(20-21-18(23)25-16)13-4-3-5-14(19)9-13/h3-9H,10H2,1-2H3. The van der Waals surface area contributed by atoms with Crippen LogP contribution in [-0.4, -0.2) is 19.8 Å². The first-order chi connectivity index (χ1) is 12.1. The van der Waals surface area contributed by atoms with Crippen molar-refractivity contribution in [1.82, 2.24) is 19.8 Å². The summed E-state index contributed by atoms with van der Waals surface area (Å²) in [5.41, 5.74) is 3.05. The van der Waals surface area contributed by atoms with Gasteiger partial charge in [0.05, 0.1) is 0 Å². The van der Waals surface area contributed by atoms with E-state index in [2.05, 4.69) is 29.1 Å². The molecule has 0 N–H and O–H groups in total. The Morgan fingerprint density at radius 2 is 1.96 bits per heavy atom. The van der Waals surface area contributed by atoms with Crippen LogP contribution in [0.1, 0.15) is 16.1 Å². The third-order valence-corrected chi connectivity index (χ3v) is 4.83. The van der Waals surface area contributed by atoms with Crippen LogP contribution in [0.15, 0.2) is 42.5 Å². The Morgan fingerprint density at radius 1 is 1.08 bits per heavy atom. The van der Waals surface area contributed by atoms with Gasteiger partial charge in [0.2, 0.25) is 4.96 Å². The first-order valence-electron chi connectivity index (χ1n) is 7.77. The molecule has 0 aliphatic carbocycles. The van der Waals surface area contributed by atoms with Crippen molar-refractivity contribution in [2.45, 2.75) is 20.5 Å². The summed E-state index contributed by atoms with van der Waals surface area (Å²) < 4.78 is 20.9. The lowest BCUT2D eigenvalue weighted by molar-refractivity contribution is 0.304. The summed E-state index contributed by atoms with van der Waals surface area (Å²) in [5.74, 6) is 1.00. The second kappa shape index (κ2) is 6.25. The first-order valence-corrected chi connectivity index (χ1v) is 8.59. The molecule has 0 spiro atoms. The number of hydrogen-bond donors (Lipinski definition) is 0. The Balaban J connectivity index is 1.58. The molecule has 5 nitrogen and oxygen atoms in total. The second-order valence-electron chi connectivity index (χ2n) is 5.76. The zero-order valence-electron chi connectivity index (χ0n) is 13.7. The minimum atomic E-state index is -0.317. The Morgan fingerprint density at radius 3 is 2.76 bits per heavy atom. The van der Waals surface area contributed by atoms with Gasteiger partial charge in [-0.1, -0.05) is 29.5 Å². The van der Waals surface area contributed by atoms with Gasteiger partial charge in [-0.2, -0.15) is 9.61 Å². The fraction of sp³-hybridized carbons (Fsp3) is 0.167.